The largest absolute Gasteiger partial charge is 0.394 e. The second-order valence-corrected chi connectivity index (χ2v) is 10.4. The van der Waals surface area contributed by atoms with Crippen LogP contribution in [0.5, 0.6) is 0 Å². The molecule has 0 radical (unpaired) electrons. The molecule has 5 nitrogen and oxygen atoms in total. The minimum absolute atomic E-state index is 0.0548. The number of aliphatic hydroxyl groups is 5. The van der Waals surface area contributed by atoms with E-state index < -0.39 is 29.8 Å². The van der Waals surface area contributed by atoms with Gasteiger partial charge >= 0.3 is 0 Å². The summed E-state index contributed by atoms with van der Waals surface area (Å²) >= 11 is 0. The van der Waals surface area contributed by atoms with Crippen LogP contribution in [0.3, 0.4) is 0 Å². The van der Waals surface area contributed by atoms with Crippen LogP contribution in [0.2, 0.25) is 0 Å². The molecule has 0 saturated heterocycles. The van der Waals surface area contributed by atoms with E-state index in [9.17, 15) is 25.5 Å². The lowest BCUT2D eigenvalue weighted by Crippen LogP contribution is -2.64. The maximum absolute atomic E-state index is 11.3. The van der Waals surface area contributed by atoms with Crippen LogP contribution >= 0.6 is 0 Å². The molecule has 150 valence electrons. The Balaban J connectivity index is 1.68. The quantitative estimate of drug-likeness (QED) is 0.508. The molecule has 4 fully saturated rings. The van der Waals surface area contributed by atoms with E-state index in [0.29, 0.717) is 24.7 Å². The van der Waals surface area contributed by atoms with Crippen LogP contribution < -0.4 is 0 Å². The minimum atomic E-state index is -1.32. The third kappa shape index (κ3) is 2.33. The second-order valence-electron chi connectivity index (χ2n) is 10.4. The monoisotopic (exact) mass is 368 g/mol. The summed E-state index contributed by atoms with van der Waals surface area (Å²) in [6.45, 7) is 3.89. The first-order valence-electron chi connectivity index (χ1n) is 10.5. The maximum atomic E-state index is 11.3. The van der Waals surface area contributed by atoms with Gasteiger partial charge in [-0.05, 0) is 80.5 Å². The number of rotatable bonds is 2. The van der Waals surface area contributed by atoms with Gasteiger partial charge in [0.05, 0.1) is 24.4 Å². The van der Waals surface area contributed by atoms with Crippen LogP contribution in [0, 0.1) is 34.5 Å². The van der Waals surface area contributed by atoms with Crippen molar-refractivity contribution in [1.82, 2.24) is 0 Å². The van der Waals surface area contributed by atoms with E-state index >= 15 is 0 Å². The number of hydrogen-bond donors (Lipinski definition) is 5. The molecule has 2 unspecified atom stereocenters. The van der Waals surface area contributed by atoms with Gasteiger partial charge in [0.2, 0.25) is 0 Å². The number of fused-ring (bicyclic) bond motifs is 5. The zero-order valence-electron chi connectivity index (χ0n) is 16.1. The van der Waals surface area contributed by atoms with Gasteiger partial charge in [-0.2, -0.15) is 0 Å². The molecule has 26 heavy (non-hydrogen) atoms. The van der Waals surface area contributed by atoms with Gasteiger partial charge in [-0.15, -0.1) is 0 Å². The van der Waals surface area contributed by atoms with Crippen molar-refractivity contribution in [1.29, 1.82) is 0 Å². The molecule has 4 aliphatic carbocycles. The van der Waals surface area contributed by atoms with Gasteiger partial charge < -0.3 is 25.5 Å². The van der Waals surface area contributed by atoms with Crippen molar-refractivity contribution >= 4 is 0 Å². The summed E-state index contributed by atoms with van der Waals surface area (Å²) in [5.74, 6) is 1.29. The fourth-order valence-corrected chi connectivity index (χ4v) is 8.10. The SMILES string of the molecule is C[C@]12CC[C@@H](O)CC1CC[C@@H]1[C@@H]2[C@@H](O)C[C@@]2(C)[C@H]1CC[C@]2(O)C(O)CO. The molecule has 0 aliphatic heterocycles. The minimum Gasteiger partial charge on any atom is -0.394 e. The Kier molecular flexibility index (Phi) is 4.52. The number of aliphatic hydroxyl groups excluding tert-OH is 4. The third-order valence-electron chi connectivity index (χ3n) is 9.51. The fraction of sp³-hybridized carbons (Fsp3) is 1.00. The van der Waals surface area contributed by atoms with Gasteiger partial charge in [0.25, 0.3) is 0 Å². The normalized spacial score (nSPS) is 57.8. The Hall–Kier alpha value is -0.200. The Bertz CT molecular complexity index is 555. The summed E-state index contributed by atoms with van der Waals surface area (Å²) in [5, 5.41) is 52.5. The Morgan fingerprint density at radius 2 is 1.77 bits per heavy atom. The molecule has 0 amide bonds. The summed E-state index contributed by atoms with van der Waals surface area (Å²) in [6.07, 6.45) is 4.70. The summed E-state index contributed by atoms with van der Waals surface area (Å²) in [7, 11) is 0. The highest BCUT2D eigenvalue weighted by Gasteiger charge is 2.68. The van der Waals surface area contributed by atoms with Gasteiger partial charge in [-0.3, -0.25) is 0 Å². The average Bonchev–Trinajstić information content (AvgIpc) is 2.86. The lowest BCUT2D eigenvalue weighted by atomic mass is 9.43. The van der Waals surface area contributed by atoms with Crippen molar-refractivity contribution < 1.29 is 25.5 Å². The predicted octanol–water partition coefficient (Wildman–Crippen LogP) is 1.45. The van der Waals surface area contributed by atoms with E-state index in [1.807, 2.05) is 6.92 Å². The van der Waals surface area contributed by atoms with Crippen LogP contribution in [-0.2, 0) is 0 Å². The Morgan fingerprint density at radius 1 is 1.04 bits per heavy atom. The van der Waals surface area contributed by atoms with Crippen LogP contribution in [0.4, 0.5) is 0 Å². The summed E-state index contributed by atoms with van der Waals surface area (Å²) in [5.41, 5.74) is -1.83. The zero-order valence-corrected chi connectivity index (χ0v) is 16.1. The van der Waals surface area contributed by atoms with E-state index in [2.05, 4.69) is 6.92 Å². The molecule has 5 heteroatoms. The molecule has 5 N–H and O–H groups in total. The van der Waals surface area contributed by atoms with Gasteiger partial charge in [-0.1, -0.05) is 13.8 Å². The molecule has 0 aromatic rings. The van der Waals surface area contributed by atoms with Crippen molar-refractivity contribution in [2.45, 2.75) is 89.1 Å². The lowest BCUT2D eigenvalue weighted by Gasteiger charge is -2.63. The van der Waals surface area contributed by atoms with Crippen molar-refractivity contribution in [3.63, 3.8) is 0 Å². The Labute approximate surface area is 156 Å². The molecule has 4 rings (SSSR count). The highest BCUT2D eigenvalue weighted by Crippen LogP contribution is 2.68. The summed E-state index contributed by atoms with van der Waals surface area (Å²) in [6, 6.07) is 0. The van der Waals surface area contributed by atoms with Crippen LogP contribution in [0.25, 0.3) is 0 Å². The standard InChI is InChI=1S/C21H36O5/c1-19-7-5-13(23)9-12(19)3-4-14-15-6-8-21(26,17(25)11-22)20(15,2)10-16(24)18(14)19/h12-18,22-26H,3-11H2,1-2H3/t12?,13-,14+,15+,16+,17?,18-,19+,20+,21+/m1/s1. The zero-order chi connectivity index (χ0) is 18.9. The van der Waals surface area contributed by atoms with E-state index in [1.54, 1.807) is 0 Å². The fourth-order valence-electron chi connectivity index (χ4n) is 8.10. The van der Waals surface area contributed by atoms with Gasteiger partial charge in [0.15, 0.2) is 0 Å². The average molecular weight is 369 g/mol. The van der Waals surface area contributed by atoms with Crippen molar-refractivity contribution in [3.8, 4) is 0 Å². The first kappa shape index (κ1) is 19.1. The topological polar surface area (TPSA) is 101 Å². The molecule has 0 aromatic heterocycles. The molecule has 0 bridgehead atoms. The Morgan fingerprint density at radius 3 is 2.46 bits per heavy atom. The van der Waals surface area contributed by atoms with Crippen LogP contribution in [0.1, 0.15) is 65.2 Å². The van der Waals surface area contributed by atoms with Crippen molar-refractivity contribution in [2.75, 3.05) is 6.61 Å². The van der Waals surface area contributed by atoms with Gasteiger partial charge in [-0.25, -0.2) is 0 Å². The molecule has 10 atom stereocenters. The molecule has 4 aliphatic rings. The third-order valence-corrected chi connectivity index (χ3v) is 9.51. The molecular formula is C21H36O5. The van der Waals surface area contributed by atoms with Crippen LogP contribution in [0.15, 0.2) is 0 Å². The maximum Gasteiger partial charge on any atom is 0.106 e. The first-order valence-corrected chi connectivity index (χ1v) is 10.5. The molecule has 0 heterocycles. The van der Waals surface area contributed by atoms with E-state index in [4.69, 9.17) is 0 Å². The molecule has 0 aromatic carbocycles. The lowest BCUT2D eigenvalue weighted by molar-refractivity contribution is -0.224. The van der Waals surface area contributed by atoms with Gasteiger partial charge in [0.1, 0.15) is 6.10 Å². The van der Waals surface area contributed by atoms with Crippen LogP contribution in [-0.4, -0.2) is 56.1 Å². The van der Waals surface area contributed by atoms with Gasteiger partial charge in [0, 0.05) is 5.41 Å². The summed E-state index contributed by atoms with van der Waals surface area (Å²) in [4.78, 5) is 0. The number of hydrogen-bond acceptors (Lipinski definition) is 5. The van der Waals surface area contributed by atoms with Crippen molar-refractivity contribution in [3.05, 3.63) is 0 Å². The summed E-state index contributed by atoms with van der Waals surface area (Å²) < 4.78 is 0. The predicted molar refractivity (Wildman–Crippen MR) is 97.2 cm³/mol. The van der Waals surface area contributed by atoms with E-state index in [-0.39, 0.29) is 23.4 Å². The molecular weight excluding hydrogens is 332 g/mol. The van der Waals surface area contributed by atoms with Crippen molar-refractivity contribution in [2.24, 2.45) is 34.5 Å². The molecule has 4 saturated carbocycles. The highest BCUT2D eigenvalue weighted by molar-refractivity contribution is 5.17. The van der Waals surface area contributed by atoms with E-state index in [0.717, 1.165) is 38.5 Å². The molecule has 0 spiro atoms. The first-order chi connectivity index (χ1) is 12.2. The highest BCUT2D eigenvalue weighted by atomic mass is 16.4. The second kappa shape index (κ2) is 6.15. The van der Waals surface area contributed by atoms with E-state index in [1.165, 1.54) is 0 Å². The smallest absolute Gasteiger partial charge is 0.106 e.